The quantitative estimate of drug-likeness (QED) is 0.325. The molecule has 7 nitrogen and oxygen atoms in total. The standard InChI is InChI=1S/C22H23NO6/c1-13(2)18-10-4-14(3)19(11-7-16-12-20(18)29-22(16)25)28-21(24)15-5-8-17(9-6-15)23(26)27/h4-6,8-9,12,18-20H,1,7,10-11H2,2-3H3/b14-4+/t18-,19+,20-/m0/s1. The topological polar surface area (TPSA) is 95.7 Å². The molecule has 0 fully saturated rings. The molecule has 0 radical (unpaired) electrons. The van der Waals surface area contributed by atoms with Crippen LogP contribution in [0.4, 0.5) is 5.69 Å². The molecule has 0 amide bonds. The molecular weight excluding hydrogens is 374 g/mol. The molecule has 0 N–H and O–H groups in total. The summed E-state index contributed by atoms with van der Waals surface area (Å²) in [5, 5.41) is 10.8. The number of hydrogen-bond donors (Lipinski definition) is 0. The molecule has 0 saturated carbocycles. The Kier molecular flexibility index (Phi) is 5.96. The molecular formula is C22H23NO6. The molecule has 29 heavy (non-hydrogen) atoms. The lowest BCUT2D eigenvalue weighted by molar-refractivity contribution is -0.384. The fourth-order valence-electron chi connectivity index (χ4n) is 3.53. The van der Waals surface area contributed by atoms with Gasteiger partial charge in [-0.15, -0.1) is 0 Å². The summed E-state index contributed by atoms with van der Waals surface area (Å²) in [5.74, 6) is -0.927. The third kappa shape index (κ3) is 4.62. The molecule has 1 aromatic rings. The first-order chi connectivity index (χ1) is 13.8. The van der Waals surface area contributed by atoms with E-state index in [1.807, 2.05) is 26.0 Å². The largest absolute Gasteiger partial charge is 0.454 e. The molecule has 0 unspecified atom stereocenters. The van der Waals surface area contributed by atoms with E-state index in [1.54, 1.807) is 0 Å². The molecule has 3 atom stereocenters. The number of rotatable bonds is 4. The normalized spacial score (nSPS) is 25.9. The second-order valence-electron chi connectivity index (χ2n) is 7.44. The lowest BCUT2D eigenvalue weighted by Crippen LogP contribution is -2.22. The summed E-state index contributed by atoms with van der Waals surface area (Å²) in [5.41, 5.74) is 2.54. The number of carbonyl (C=O) groups is 2. The van der Waals surface area contributed by atoms with Gasteiger partial charge in [-0.05, 0) is 56.9 Å². The molecule has 0 spiro atoms. The van der Waals surface area contributed by atoms with Gasteiger partial charge in [0.05, 0.1) is 10.5 Å². The number of nitro groups is 1. The summed E-state index contributed by atoms with van der Waals surface area (Å²) in [6.07, 6.45) is 4.54. The molecule has 3 rings (SSSR count). The Labute approximate surface area is 168 Å². The third-order valence-corrected chi connectivity index (χ3v) is 5.34. The van der Waals surface area contributed by atoms with E-state index in [1.165, 1.54) is 24.3 Å². The fourth-order valence-corrected chi connectivity index (χ4v) is 3.53. The van der Waals surface area contributed by atoms with Crippen LogP contribution in [0.2, 0.25) is 0 Å². The van der Waals surface area contributed by atoms with E-state index in [-0.39, 0.29) is 29.2 Å². The van der Waals surface area contributed by atoms with E-state index >= 15 is 0 Å². The number of benzene rings is 1. The van der Waals surface area contributed by atoms with Gasteiger partial charge in [-0.2, -0.15) is 0 Å². The average Bonchev–Trinajstić information content (AvgIpc) is 3.03. The Bertz CT molecular complexity index is 912. The average molecular weight is 397 g/mol. The van der Waals surface area contributed by atoms with Gasteiger partial charge >= 0.3 is 11.9 Å². The van der Waals surface area contributed by atoms with Crippen LogP contribution in [0.5, 0.6) is 0 Å². The minimum Gasteiger partial charge on any atom is -0.454 e. The number of nitro benzene ring substituents is 1. The summed E-state index contributed by atoms with van der Waals surface area (Å²) < 4.78 is 11.2. The monoisotopic (exact) mass is 397 g/mol. The van der Waals surface area contributed by atoms with Crippen LogP contribution in [-0.4, -0.2) is 29.1 Å². The van der Waals surface area contributed by atoms with Gasteiger partial charge in [-0.25, -0.2) is 9.59 Å². The van der Waals surface area contributed by atoms with Crippen molar-refractivity contribution in [3.05, 3.63) is 75.4 Å². The zero-order chi connectivity index (χ0) is 21.1. The first-order valence-corrected chi connectivity index (χ1v) is 9.45. The molecule has 1 aromatic carbocycles. The van der Waals surface area contributed by atoms with Gasteiger partial charge in [-0.1, -0.05) is 18.2 Å². The minimum atomic E-state index is -0.563. The number of carbonyl (C=O) groups excluding carboxylic acids is 2. The molecule has 0 aromatic heterocycles. The first-order valence-electron chi connectivity index (χ1n) is 9.45. The van der Waals surface area contributed by atoms with Crippen molar-refractivity contribution in [2.45, 2.75) is 45.3 Å². The van der Waals surface area contributed by atoms with Crippen LogP contribution >= 0.6 is 0 Å². The van der Waals surface area contributed by atoms with Gasteiger partial charge in [0, 0.05) is 23.6 Å². The lowest BCUT2D eigenvalue weighted by Gasteiger charge is -2.23. The molecule has 0 saturated heterocycles. The van der Waals surface area contributed by atoms with Crippen LogP contribution in [0.1, 0.15) is 43.5 Å². The second kappa shape index (κ2) is 8.43. The third-order valence-electron chi connectivity index (χ3n) is 5.34. The SMILES string of the molecule is C=C(C)[C@@H]1C/C=C(\C)[C@H](OC(=O)c2ccc([N+](=O)[O-])cc2)CCC2=C[C@@H]1OC2=O. The Hall–Kier alpha value is -3.22. The van der Waals surface area contributed by atoms with E-state index in [2.05, 4.69) is 6.58 Å². The van der Waals surface area contributed by atoms with Crippen molar-refractivity contribution in [1.82, 2.24) is 0 Å². The molecule has 2 aliphatic rings. The van der Waals surface area contributed by atoms with Crippen LogP contribution in [0.15, 0.2) is 59.7 Å². The highest BCUT2D eigenvalue weighted by Gasteiger charge is 2.33. The zero-order valence-electron chi connectivity index (χ0n) is 16.4. The van der Waals surface area contributed by atoms with Crippen molar-refractivity contribution in [2.24, 2.45) is 5.92 Å². The Morgan fingerprint density at radius 2 is 2.00 bits per heavy atom. The van der Waals surface area contributed by atoms with Crippen molar-refractivity contribution in [1.29, 1.82) is 0 Å². The van der Waals surface area contributed by atoms with Crippen LogP contribution in [0.25, 0.3) is 0 Å². The van der Waals surface area contributed by atoms with E-state index < -0.39 is 17.0 Å². The van der Waals surface area contributed by atoms with Crippen molar-refractivity contribution in [3.8, 4) is 0 Å². The number of allylic oxidation sites excluding steroid dienone is 1. The van der Waals surface area contributed by atoms with Crippen molar-refractivity contribution >= 4 is 17.6 Å². The second-order valence-corrected chi connectivity index (χ2v) is 7.44. The maximum atomic E-state index is 12.5. The van der Waals surface area contributed by atoms with E-state index in [9.17, 15) is 19.7 Å². The first kappa shape index (κ1) is 20.5. The number of esters is 2. The fraction of sp³-hybridized carbons (Fsp3) is 0.364. The Balaban J connectivity index is 1.79. The smallest absolute Gasteiger partial charge is 0.338 e. The van der Waals surface area contributed by atoms with E-state index in [0.29, 0.717) is 24.8 Å². The number of fused-ring (bicyclic) bond motifs is 1. The van der Waals surface area contributed by atoms with Crippen molar-refractivity contribution in [3.63, 3.8) is 0 Å². The summed E-state index contributed by atoms with van der Waals surface area (Å²) >= 11 is 0. The number of non-ortho nitro benzene ring substituents is 1. The van der Waals surface area contributed by atoms with E-state index in [4.69, 9.17) is 9.47 Å². The highest BCUT2D eigenvalue weighted by molar-refractivity contribution is 5.91. The van der Waals surface area contributed by atoms with Gasteiger partial charge in [0.1, 0.15) is 12.2 Å². The molecule has 1 aliphatic carbocycles. The van der Waals surface area contributed by atoms with Gasteiger partial charge < -0.3 is 9.47 Å². The summed E-state index contributed by atoms with van der Waals surface area (Å²) in [4.78, 5) is 35.0. The Morgan fingerprint density at radius 1 is 1.31 bits per heavy atom. The molecule has 1 heterocycles. The van der Waals surface area contributed by atoms with E-state index in [0.717, 1.165) is 11.1 Å². The zero-order valence-corrected chi connectivity index (χ0v) is 16.4. The van der Waals surface area contributed by atoms with Gasteiger partial charge in [-0.3, -0.25) is 10.1 Å². The lowest BCUT2D eigenvalue weighted by atomic mass is 9.88. The molecule has 7 heteroatoms. The van der Waals surface area contributed by atoms with Gasteiger partial charge in [0.15, 0.2) is 0 Å². The predicted octanol–water partition coefficient (Wildman–Crippen LogP) is 4.29. The predicted molar refractivity (Wildman–Crippen MR) is 106 cm³/mol. The molecule has 2 bridgehead atoms. The minimum absolute atomic E-state index is 0.0319. The van der Waals surface area contributed by atoms with Crippen LogP contribution < -0.4 is 0 Å². The summed E-state index contributed by atoms with van der Waals surface area (Å²) in [6.45, 7) is 7.82. The Morgan fingerprint density at radius 3 is 2.62 bits per heavy atom. The summed E-state index contributed by atoms with van der Waals surface area (Å²) in [6, 6.07) is 5.28. The highest BCUT2D eigenvalue weighted by Crippen LogP contribution is 2.32. The van der Waals surface area contributed by atoms with Crippen LogP contribution in [-0.2, 0) is 14.3 Å². The van der Waals surface area contributed by atoms with Crippen LogP contribution in [0, 0.1) is 16.0 Å². The molecule has 1 aliphatic heterocycles. The van der Waals surface area contributed by atoms with Gasteiger partial charge in [0.25, 0.3) is 5.69 Å². The van der Waals surface area contributed by atoms with Crippen LogP contribution in [0.3, 0.4) is 0 Å². The van der Waals surface area contributed by atoms with Gasteiger partial charge in [0.2, 0.25) is 0 Å². The maximum Gasteiger partial charge on any atom is 0.338 e. The molecule has 152 valence electrons. The maximum absolute atomic E-state index is 12.5. The number of nitrogens with zero attached hydrogens (tertiary/aromatic N) is 1. The van der Waals surface area contributed by atoms with Crippen molar-refractivity contribution < 1.29 is 24.0 Å². The number of hydrogen-bond acceptors (Lipinski definition) is 6. The number of ether oxygens (including phenoxy) is 2. The summed E-state index contributed by atoms with van der Waals surface area (Å²) in [7, 11) is 0. The van der Waals surface area contributed by atoms with Crippen molar-refractivity contribution in [2.75, 3.05) is 0 Å². The highest BCUT2D eigenvalue weighted by atomic mass is 16.6.